The van der Waals surface area contributed by atoms with Crippen LogP contribution in [-0.2, 0) is 16.1 Å². The van der Waals surface area contributed by atoms with Gasteiger partial charge in [0, 0.05) is 0 Å². The van der Waals surface area contributed by atoms with Crippen LogP contribution < -0.4 is 0 Å². The molecule has 0 saturated carbocycles. The number of phenolic OH excluding ortho intramolecular Hbond substituents is 1. The molecule has 0 amide bonds. The molecular weight excluding hydrogens is 284 g/mol. The monoisotopic (exact) mass is 300 g/mol. The van der Waals surface area contributed by atoms with E-state index in [1.165, 1.54) is 13.2 Å². The van der Waals surface area contributed by atoms with Crippen molar-refractivity contribution in [2.75, 3.05) is 7.11 Å². The maximum absolute atomic E-state index is 11.9. The number of rotatable bonds is 4. The van der Waals surface area contributed by atoms with Crippen molar-refractivity contribution in [2.24, 2.45) is 0 Å². The molecule has 0 heterocycles. The second-order valence-corrected chi connectivity index (χ2v) is 4.77. The van der Waals surface area contributed by atoms with Crippen molar-refractivity contribution in [3.63, 3.8) is 0 Å². The zero-order chi connectivity index (χ0) is 16.1. The fourth-order valence-electron chi connectivity index (χ4n) is 1.82. The topological polar surface area (TPSA) is 72.8 Å². The molecule has 5 heteroatoms. The van der Waals surface area contributed by atoms with Crippen LogP contribution in [0.3, 0.4) is 0 Å². The predicted molar refractivity (Wildman–Crippen MR) is 79.7 cm³/mol. The van der Waals surface area contributed by atoms with Crippen molar-refractivity contribution in [1.82, 2.24) is 0 Å². The van der Waals surface area contributed by atoms with Gasteiger partial charge in [-0.3, -0.25) is 0 Å². The third-order valence-corrected chi connectivity index (χ3v) is 3.19. The number of carbonyl (C=O) groups excluding carboxylic acids is 2. The van der Waals surface area contributed by atoms with Crippen molar-refractivity contribution in [2.45, 2.75) is 13.5 Å². The Balaban J connectivity index is 1.98. The summed E-state index contributed by atoms with van der Waals surface area (Å²) in [5.41, 5.74) is 2.16. The van der Waals surface area contributed by atoms with Gasteiger partial charge in [-0.15, -0.1) is 0 Å². The first-order chi connectivity index (χ1) is 10.5. The van der Waals surface area contributed by atoms with E-state index in [9.17, 15) is 14.7 Å². The Hall–Kier alpha value is -2.82. The Morgan fingerprint density at radius 2 is 1.64 bits per heavy atom. The van der Waals surface area contributed by atoms with Crippen molar-refractivity contribution < 1.29 is 24.2 Å². The minimum Gasteiger partial charge on any atom is -0.508 e. The van der Waals surface area contributed by atoms with Crippen LogP contribution in [0.5, 0.6) is 5.75 Å². The van der Waals surface area contributed by atoms with Gasteiger partial charge in [0.15, 0.2) is 0 Å². The summed E-state index contributed by atoms with van der Waals surface area (Å²) >= 11 is 0. The highest BCUT2D eigenvalue weighted by atomic mass is 16.5. The Morgan fingerprint density at radius 1 is 1.00 bits per heavy atom. The van der Waals surface area contributed by atoms with Crippen LogP contribution in [0, 0.1) is 6.92 Å². The molecule has 1 N–H and O–H groups in total. The Labute approximate surface area is 128 Å². The van der Waals surface area contributed by atoms with Crippen molar-refractivity contribution in [3.05, 3.63) is 64.7 Å². The summed E-state index contributed by atoms with van der Waals surface area (Å²) in [7, 11) is 1.31. The minimum atomic E-state index is -0.521. The molecule has 22 heavy (non-hydrogen) atoms. The largest absolute Gasteiger partial charge is 0.508 e. The highest BCUT2D eigenvalue weighted by Gasteiger charge is 2.10. The maximum atomic E-state index is 11.9. The summed E-state index contributed by atoms with van der Waals surface area (Å²) < 4.78 is 9.77. The number of ether oxygens (including phenoxy) is 2. The lowest BCUT2D eigenvalue weighted by Gasteiger charge is -2.07. The molecule has 0 aromatic heterocycles. The van der Waals surface area contributed by atoms with E-state index in [0.717, 1.165) is 5.56 Å². The summed E-state index contributed by atoms with van der Waals surface area (Å²) in [6.07, 6.45) is 0. The van der Waals surface area contributed by atoms with Gasteiger partial charge >= 0.3 is 11.9 Å². The fraction of sp³-hybridized carbons (Fsp3) is 0.176. The molecular formula is C17H16O5. The maximum Gasteiger partial charge on any atom is 0.338 e. The number of esters is 2. The molecule has 5 nitrogen and oxygen atoms in total. The molecule has 2 rings (SSSR count). The lowest BCUT2D eigenvalue weighted by molar-refractivity contribution is 0.0471. The van der Waals surface area contributed by atoms with Crippen LogP contribution >= 0.6 is 0 Å². The van der Waals surface area contributed by atoms with E-state index in [1.807, 2.05) is 0 Å². The molecule has 2 aromatic carbocycles. The number of aryl methyl sites for hydroxylation is 1. The smallest absolute Gasteiger partial charge is 0.338 e. The average Bonchev–Trinajstić information content (AvgIpc) is 2.54. The fourth-order valence-corrected chi connectivity index (χ4v) is 1.82. The first kappa shape index (κ1) is 15.6. The number of phenols is 1. The third-order valence-electron chi connectivity index (χ3n) is 3.19. The molecule has 0 fully saturated rings. The summed E-state index contributed by atoms with van der Waals surface area (Å²) in [6.45, 7) is 1.82. The summed E-state index contributed by atoms with van der Waals surface area (Å²) in [6, 6.07) is 11.2. The molecule has 114 valence electrons. The molecule has 0 aliphatic rings. The van der Waals surface area contributed by atoms with Crippen LogP contribution in [0.1, 0.15) is 31.8 Å². The third kappa shape index (κ3) is 3.63. The summed E-state index contributed by atoms with van der Waals surface area (Å²) in [5.74, 6) is -0.886. The quantitative estimate of drug-likeness (QED) is 0.879. The summed E-state index contributed by atoms with van der Waals surface area (Å²) in [5, 5.41) is 9.59. The molecule has 2 aromatic rings. The number of aromatic hydroxyl groups is 1. The van der Waals surface area contributed by atoms with E-state index in [0.29, 0.717) is 11.1 Å². The number of methoxy groups -OCH3 is 1. The highest BCUT2D eigenvalue weighted by Crippen LogP contribution is 2.18. The molecule has 0 atom stereocenters. The van der Waals surface area contributed by atoms with Gasteiger partial charge in [0.25, 0.3) is 0 Å². The van der Waals surface area contributed by atoms with Crippen LogP contribution in [0.15, 0.2) is 42.5 Å². The Kier molecular flexibility index (Phi) is 4.78. The second-order valence-electron chi connectivity index (χ2n) is 4.77. The molecule has 0 saturated heterocycles. The Morgan fingerprint density at radius 3 is 2.23 bits per heavy atom. The van der Waals surface area contributed by atoms with Crippen LogP contribution in [0.4, 0.5) is 0 Å². The minimum absolute atomic E-state index is 0.0527. The second kappa shape index (κ2) is 6.76. The zero-order valence-electron chi connectivity index (χ0n) is 12.3. The van der Waals surface area contributed by atoms with Crippen LogP contribution in [0.25, 0.3) is 0 Å². The highest BCUT2D eigenvalue weighted by molar-refractivity contribution is 5.90. The number of carbonyl (C=O) groups is 2. The standard InChI is InChI=1S/C17H16O5/c1-11-3-6-14(9-15(11)18)17(20)22-10-12-4-7-13(8-5-12)16(19)21-2/h3-9,18H,10H2,1-2H3. The number of benzene rings is 2. The molecule has 0 bridgehead atoms. The van der Waals surface area contributed by atoms with E-state index >= 15 is 0 Å². The van der Waals surface area contributed by atoms with E-state index in [4.69, 9.17) is 4.74 Å². The van der Waals surface area contributed by atoms with Gasteiger partial charge in [0.1, 0.15) is 12.4 Å². The molecule has 0 aliphatic carbocycles. The van der Waals surface area contributed by atoms with Gasteiger partial charge < -0.3 is 14.6 Å². The van der Waals surface area contributed by atoms with Gasteiger partial charge in [-0.1, -0.05) is 18.2 Å². The lowest BCUT2D eigenvalue weighted by atomic mass is 10.1. The van der Waals surface area contributed by atoms with Crippen molar-refractivity contribution in [1.29, 1.82) is 0 Å². The van der Waals surface area contributed by atoms with Crippen molar-refractivity contribution in [3.8, 4) is 5.75 Å². The SMILES string of the molecule is COC(=O)c1ccc(COC(=O)c2ccc(C)c(O)c2)cc1. The van der Waals surface area contributed by atoms with E-state index in [2.05, 4.69) is 4.74 Å². The Bertz CT molecular complexity index is 689. The number of hydrogen-bond acceptors (Lipinski definition) is 5. The average molecular weight is 300 g/mol. The zero-order valence-corrected chi connectivity index (χ0v) is 12.3. The first-order valence-electron chi connectivity index (χ1n) is 6.65. The van der Waals surface area contributed by atoms with E-state index < -0.39 is 11.9 Å². The van der Waals surface area contributed by atoms with E-state index in [1.54, 1.807) is 43.3 Å². The summed E-state index contributed by atoms with van der Waals surface area (Å²) in [4.78, 5) is 23.2. The molecule has 0 spiro atoms. The first-order valence-corrected chi connectivity index (χ1v) is 6.65. The van der Waals surface area contributed by atoms with Gasteiger partial charge in [-0.05, 0) is 42.3 Å². The molecule has 0 unspecified atom stereocenters. The molecule has 0 radical (unpaired) electrons. The van der Waals surface area contributed by atoms with E-state index in [-0.39, 0.29) is 17.9 Å². The number of hydrogen-bond donors (Lipinski definition) is 1. The predicted octanol–water partition coefficient (Wildman–Crippen LogP) is 2.84. The van der Waals surface area contributed by atoms with Gasteiger partial charge in [-0.25, -0.2) is 9.59 Å². The van der Waals surface area contributed by atoms with Gasteiger partial charge in [0.2, 0.25) is 0 Å². The van der Waals surface area contributed by atoms with Crippen LogP contribution in [0.2, 0.25) is 0 Å². The van der Waals surface area contributed by atoms with Gasteiger partial charge in [0.05, 0.1) is 18.2 Å². The van der Waals surface area contributed by atoms with Crippen molar-refractivity contribution >= 4 is 11.9 Å². The normalized spacial score (nSPS) is 10.1. The van der Waals surface area contributed by atoms with Crippen LogP contribution in [-0.4, -0.2) is 24.2 Å². The lowest BCUT2D eigenvalue weighted by Crippen LogP contribution is -2.06. The molecule has 0 aliphatic heterocycles. The van der Waals surface area contributed by atoms with Gasteiger partial charge in [-0.2, -0.15) is 0 Å².